The van der Waals surface area contributed by atoms with E-state index in [1.807, 2.05) is 13.8 Å². The van der Waals surface area contributed by atoms with E-state index in [1.54, 1.807) is 0 Å². The van der Waals surface area contributed by atoms with Crippen molar-refractivity contribution < 1.29 is 0 Å². The van der Waals surface area contributed by atoms with Crippen molar-refractivity contribution in [2.24, 2.45) is 34.0 Å². The predicted octanol–water partition coefficient (Wildman–Crippen LogP) is 5.32. The van der Waals surface area contributed by atoms with Crippen LogP contribution in [0.1, 0.15) is 74.1 Å². The van der Waals surface area contributed by atoms with E-state index in [9.17, 15) is 0 Å². The smallest absolute Gasteiger partial charge is 0.0950 e. The zero-order valence-electron chi connectivity index (χ0n) is 15.1. The largest absolute Gasteiger partial charge is 0.268 e. The summed E-state index contributed by atoms with van der Waals surface area (Å²) < 4.78 is 0. The van der Waals surface area contributed by atoms with Gasteiger partial charge in [-0.1, -0.05) is 32.9 Å². The molecule has 3 nitrogen and oxygen atoms in total. The quantitative estimate of drug-likeness (QED) is 0.642. The molecule has 1 heterocycles. The van der Waals surface area contributed by atoms with Gasteiger partial charge >= 0.3 is 0 Å². The third-order valence-electron chi connectivity index (χ3n) is 5.50. The number of hydrogen-bond acceptors (Lipinski definition) is 3. The fraction of sp³-hybridized carbons (Fsp3) is 1.00. The van der Waals surface area contributed by atoms with Crippen molar-refractivity contribution >= 4 is 0 Å². The molecule has 5 atom stereocenters. The van der Waals surface area contributed by atoms with Gasteiger partial charge in [0.05, 0.1) is 17.6 Å². The maximum atomic E-state index is 4.58. The van der Waals surface area contributed by atoms with Crippen LogP contribution in [0.2, 0.25) is 0 Å². The maximum absolute atomic E-state index is 4.58. The van der Waals surface area contributed by atoms with Crippen LogP contribution in [0, 0.1) is 23.7 Å². The first-order valence-electron chi connectivity index (χ1n) is 9.09. The van der Waals surface area contributed by atoms with Gasteiger partial charge in [-0.15, -0.1) is 0 Å². The number of fused-ring (bicyclic) bond motifs is 2. The Kier molecular flexibility index (Phi) is 4.99. The minimum absolute atomic E-state index is 0.114. The van der Waals surface area contributed by atoms with E-state index in [-0.39, 0.29) is 5.54 Å². The second-order valence-electron chi connectivity index (χ2n) is 8.16. The lowest BCUT2D eigenvalue weighted by molar-refractivity contribution is 0.0862. The lowest BCUT2D eigenvalue weighted by Gasteiger charge is -2.36. The molecule has 0 bridgehead atoms. The van der Waals surface area contributed by atoms with Gasteiger partial charge in [-0.2, -0.15) is 5.11 Å². The van der Waals surface area contributed by atoms with Gasteiger partial charge in [0.25, 0.3) is 0 Å². The highest BCUT2D eigenvalue weighted by Gasteiger charge is 2.53. The Morgan fingerprint density at radius 1 is 0.952 bits per heavy atom. The molecule has 2 fully saturated rings. The van der Waals surface area contributed by atoms with Crippen LogP contribution in [0.3, 0.4) is 0 Å². The summed E-state index contributed by atoms with van der Waals surface area (Å²) >= 11 is 0. The Morgan fingerprint density at radius 2 is 1.52 bits per heavy atom. The molecule has 0 aromatic rings. The fourth-order valence-corrected chi connectivity index (χ4v) is 4.63. The molecule has 0 radical (unpaired) electrons. The van der Waals surface area contributed by atoms with E-state index in [0.717, 1.165) is 23.7 Å². The average Bonchev–Trinajstić information content (AvgIpc) is 2.92. The van der Waals surface area contributed by atoms with Crippen LogP contribution in [-0.2, 0) is 0 Å². The van der Waals surface area contributed by atoms with Crippen LogP contribution in [0.25, 0.3) is 0 Å². The molecule has 2 saturated carbocycles. The molecule has 21 heavy (non-hydrogen) atoms. The summed E-state index contributed by atoms with van der Waals surface area (Å²) in [5, 5.41) is 11.4. The van der Waals surface area contributed by atoms with Crippen LogP contribution in [-0.4, -0.2) is 22.6 Å². The SMILES string of the molecule is CC.CC(C)[C@@H]1[C@@H]2CCC3C(CC[C@@H]21)N=NN3C(C)(C)C. The van der Waals surface area contributed by atoms with E-state index in [1.165, 1.54) is 25.7 Å². The van der Waals surface area contributed by atoms with Crippen molar-refractivity contribution in [1.82, 2.24) is 5.01 Å². The monoisotopic (exact) mass is 293 g/mol. The second-order valence-corrected chi connectivity index (χ2v) is 8.16. The van der Waals surface area contributed by atoms with Crippen LogP contribution in [0.5, 0.6) is 0 Å². The Bertz CT molecular complexity index is 369. The third-order valence-corrected chi connectivity index (χ3v) is 5.50. The second kappa shape index (κ2) is 6.26. The molecule has 0 aromatic heterocycles. The molecular weight excluding hydrogens is 258 g/mol. The molecule has 0 saturated heterocycles. The zero-order valence-corrected chi connectivity index (χ0v) is 15.1. The number of nitrogens with zero attached hydrogens (tertiary/aromatic N) is 3. The van der Waals surface area contributed by atoms with E-state index >= 15 is 0 Å². The van der Waals surface area contributed by atoms with Gasteiger partial charge in [0.1, 0.15) is 0 Å². The van der Waals surface area contributed by atoms with Crippen molar-refractivity contribution in [3.8, 4) is 0 Å². The van der Waals surface area contributed by atoms with Crippen LogP contribution in [0.15, 0.2) is 10.3 Å². The Hall–Kier alpha value is -0.600. The summed E-state index contributed by atoms with van der Waals surface area (Å²) in [5.41, 5.74) is 0.114. The molecule has 3 aliphatic rings. The van der Waals surface area contributed by atoms with Crippen LogP contribution in [0.4, 0.5) is 0 Å². The first-order chi connectivity index (χ1) is 9.89. The minimum Gasteiger partial charge on any atom is -0.268 e. The molecule has 0 aromatic carbocycles. The highest BCUT2D eigenvalue weighted by Crippen LogP contribution is 2.57. The van der Waals surface area contributed by atoms with Gasteiger partial charge in [-0.3, -0.25) is 5.01 Å². The highest BCUT2D eigenvalue weighted by molar-refractivity contribution is 5.03. The summed E-state index contributed by atoms with van der Waals surface area (Å²) in [6.07, 6.45) is 5.32. The van der Waals surface area contributed by atoms with Crippen molar-refractivity contribution in [2.45, 2.75) is 91.8 Å². The van der Waals surface area contributed by atoms with Crippen LogP contribution >= 0.6 is 0 Å². The van der Waals surface area contributed by atoms with Crippen molar-refractivity contribution in [3.63, 3.8) is 0 Å². The van der Waals surface area contributed by atoms with Crippen molar-refractivity contribution in [3.05, 3.63) is 0 Å². The Morgan fingerprint density at radius 3 is 2.05 bits per heavy atom. The molecular formula is C18H35N3. The minimum atomic E-state index is 0.114. The van der Waals surface area contributed by atoms with E-state index < -0.39 is 0 Å². The average molecular weight is 293 g/mol. The van der Waals surface area contributed by atoms with Gasteiger partial charge in [0, 0.05) is 0 Å². The lowest BCUT2D eigenvalue weighted by atomic mass is 9.91. The van der Waals surface area contributed by atoms with E-state index in [0.29, 0.717) is 12.1 Å². The molecule has 0 spiro atoms. The standard InChI is InChI=1S/C16H29N3.C2H6/c1-10(2)15-11-6-8-13-14(9-7-12(11)15)19(18-17-13)16(3,4)5;1-2/h10-15H,6-9H2,1-5H3;1-2H3/t11-,12+,13?,14?,15-;/m0./s1. The summed E-state index contributed by atoms with van der Waals surface area (Å²) in [7, 11) is 0. The van der Waals surface area contributed by atoms with Crippen LogP contribution < -0.4 is 0 Å². The van der Waals surface area contributed by atoms with Gasteiger partial charge < -0.3 is 0 Å². The first kappa shape index (κ1) is 16.8. The summed E-state index contributed by atoms with van der Waals surface area (Å²) in [5.74, 6) is 3.87. The molecule has 2 unspecified atom stereocenters. The Labute approximate surface area is 131 Å². The molecule has 122 valence electrons. The maximum Gasteiger partial charge on any atom is 0.0950 e. The molecule has 3 heteroatoms. The molecule has 0 amide bonds. The molecule has 1 aliphatic heterocycles. The number of hydrogen-bond donors (Lipinski definition) is 0. The molecule has 2 aliphatic carbocycles. The summed E-state index contributed by atoms with van der Waals surface area (Å²) in [6.45, 7) is 15.6. The Balaban J connectivity index is 0.000000774. The fourth-order valence-electron chi connectivity index (χ4n) is 4.63. The molecule has 0 N–H and O–H groups in total. The summed E-state index contributed by atoms with van der Waals surface area (Å²) in [6, 6.07) is 1.03. The third kappa shape index (κ3) is 3.27. The lowest BCUT2D eigenvalue weighted by Crippen LogP contribution is -2.46. The van der Waals surface area contributed by atoms with Gasteiger partial charge in [0.15, 0.2) is 0 Å². The topological polar surface area (TPSA) is 28.0 Å². The normalized spacial score (nSPS) is 38.1. The van der Waals surface area contributed by atoms with E-state index in [4.69, 9.17) is 0 Å². The van der Waals surface area contributed by atoms with Crippen molar-refractivity contribution in [1.29, 1.82) is 0 Å². The first-order valence-corrected chi connectivity index (χ1v) is 9.09. The van der Waals surface area contributed by atoms with Gasteiger partial charge in [0.2, 0.25) is 0 Å². The summed E-state index contributed by atoms with van der Waals surface area (Å²) in [4.78, 5) is 0. The number of rotatable bonds is 1. The van der Waals surface area contributed by atoms with E-state index in [2.05, 4.69) is 50.0 Å². The highest BCUT2D eigenvalue weighted by atomic mass is 15.6. The molecule has 3 rings (SSSR count). The predicted molar refractivity (Wildman–Crippen MR) is 89.1 cm³/mol. The van der Waals surface area contributed by atoms with Gasteiger partial charge in [-0.25, -0.2) is 0 Å². The van der Waals surface area contributed by atoms with Crippen molar-refractivity contribution in [2.75, 3.05) is 0 Å². The zero-order chi connectivity index (χ0) is 15.8. The van der Waals surface area contributed by atoms with Gasteiger partial charge in [-0.05, 0) is 70.1 Å².